The lowest BCUT2D eigenvalue weighted by Gasteiger charge is -2.09. The van der Waals surface area contributed by atoms with Gasteiger partial charge < -0.3 is 4.74 Å². The summed E-state index contributed by atoms with van der Waals surface area (Å²) in [4.78, 5) is -0.103. The topological polar surface area (TPSA) is 87.2 Å². The van der Waals surface area contributed by atoms with E-state index in [4.69, 9.17) is 9.88 Å². The maximum atomic E-state index is 14.1. The Morgan fingerprint density at radius 2 is 1.82 bits per heavy atom. The molecule has 0 aliphatic heterocycles. The Kier molecular flexibility index (Phi) is 5.43. The highest BCUT2D eigenvalue weighted by molar-refractivity contribution is 7.89. The average molecular weight is 411 g/mol. The third-order valence-electron chi connectivity index (χ3n) is 3.98. The lowest BCUT2D eigenvalue weighted by Crippen LogP contribution is -2.12. The summed E-state index contributed by atoms with van der Waals surface area (Å²) >= 11 is 0. The molecule has 3 aromatic rings. The van der Waals surface area contributed by atoms with Gasteiger partial charge in [0.2, 0.25) is 16.4 Å². The molecule has 0 aliphatic carbocycles. The van der Waals surface area contributed by atoms with Crippen LogP contribution in [0.15, 0.2) is 53.4 Å². The number of halogens is 3. The highest BCUT2D eigenvalue weighted by atomic mass is 32.2. The van der Waals surface area contributed by atoms with E-state index in [0.29, 0.717) is 16.9 Å². The van der Waals surface area contributed by atoms with Crippen LogP contribution in [0.3, 0.4) is 0 Å². The monoisotopic (exact) mass is 411 g/mol. The number of hydrogen-bond donors (Lipinski definition) is 1. The quantitative estimate of drug-likeness (QED) is 0.675. The van der Waals surface area contributed by atoms with Crippen molar-refractivity contribution in [1.29, 1.82) is 0 Å². The fourth-order valence-corrected chi connectivity index (χ4v) is 3.21. The smallest absolute Gasteiger partial charge is 0.244 e. The highest BCUT2D eigenvalue weighted by Gasteiger charge is 2.17. The molecule has 0 unspecified atom stereocenters. The minimum atomic E-state index is -3.88. The van der Waals surface area contributed by atoms with Crippen molar-refractivity contribution in [2.24, 2.45) is 5.14 Å². The Labute approximate surface area is 159 Å². The molecule has 0 radical (unpaired) electrons. The van der Waals surface area contributed by atoms with Crippen molar-refractivity contribution in [3.05, 3.63) is 60.0 Å². The lowest BCUT2D eigenvalue weighted by molar-refractivity contribution is 0.147. The minimum Gasteiger partial charge on any atom is -0.494 e. The number of nitrogens with zero attached hydrogens (tertiary/aromatic N) is 2. The molecule has 1 heterocycles. The lowest BCUT2D eigenvalue weighted by atomic mass is 10.1. The summed E-state index contributed by atoms with van der Waals surface area (Å²) in [5, 5.41) is 9.25. The number of sulfonamides is 1. The third-order valence-corrected chi connectivity index (χ3v) is 4.91. The standard InChI is InChI=1S/C18H16F3N3O3S/c1-27-17-7-2-11(8-15(17)19)16-9-12(10-18(20)21)23-24(16)13-3-5-14(6-4-13)28(22,25)26/h2-9,18H,10H2,1H3,(H2,22,25,26). The van der Waals surface area contributed by atoms with Crippen molar-refractivity contribution in [1.82, 2.24) is 9.78 Å². The number of nitrogens with two attached hydrogens (primary N) is 1. The first kappa shape index (κ1) is 19.9. The summed E-state index contributed by atoms with van der Waals surface area (Å²) in [6, 6.07) is 11.0. The molecule has 6 nitrogen and oxygen atoms in total. The molecule has 148 valence electrons. The van der Waals surface area contributed by atoms with Gasteiger partial charge in [0.1, 0.15) is 0 Å². The molecule has 28 heavy (non-hydrogen) atoms. The first-order valence-corrected chi connectivity index (χ1v) is 9.58. The van der Waals surface area contributed by atoms with Gasteiger partial charge in [0.15, 0.2) is 11.6 Å². The molecule has 2 aromatic carbocycles. The Hall–Kier alpha value is -2.85. The van der Waals surface area contributed by atoms with Gasteiger partial charge in [-0.25, -0.2) is 31.4 Å². The molecule has 0 saturated carbocycles. The molecule has 0 amide bonds. The Bertz CT molecular complexity index is 1100. The molecule has 1 aromatic heterocycles. The van der Waals surface area contributed by atoms with E-state index in [1.54, 1.807) is 6.07 Å². The Morgan fingerprint density at radius 1 is 1.14 bits per heavy atom. The minimum absolute atomic E-state index is 0.0418. The van der Waals surface area contributed by atoms with E-state index >= 15 is 0 Å². The number of alkyl halides is 2. The largest absolute Gasteiger partial charge is 0.494 e. The zero-order chi connectivity index (χ0) is 20.5. The second kappa shape index (κ2) is 7.64. The number of benzene rings is 2. The number of ether oxygens (including phenoxy) is 1. The van der Waals surface area contributed by atoms with Crippen LogP contribution >= 0.6 is 0 Å². The first-order valence-electron chi connectivity index (χ1n) is 8.03. The Balaban J connectivity index is 2.12. The molecule has 0 fully saturated rings. The van der Waals surface area contributed by atoms with Gasteiger partial charge in [-0.1, -0.05) is 0 Å². The molecule has 0 bridgehead atoms. The first-order chi connectivity index (χ1) is 13.2. The van der Waals surface area contributed by atoms with Gasteiger partial charge in [-0.3, -0.25) is 0 Å². The van der Waals surface area contributed by atoms with Crippen LogP contribution in [0.25, 0.3) is 16.9 Å². The van der Waals surface area contributed by atoms with Crippen LogP contribution in [0.5, 0.6) is 5.75 Å². The van der Waals surface area contributed by atoms with E-state index in [2.05, 4.69) is 5.10 Å². The van der Waals surface area contributed by atoms with Crippen LogP contribution in [0.4, 0.5) is 13.2 Å². The summed E-state index contributed by atoms with van der Waals surface area (Å²) < 4.78 is 68.8. The van der Waals surface area contributed by atoms with Crippen LogP contribution in [0.2, 0.25) is 0 Å². The van der Waals surface area contributed by atoms with Crippen molar-refractivity contribution >= 4 is 10.0 Å². The molecule has 0 saturated heterocycles. The molecule has 0 spiro atoms. The van der Waals surface area contributed by atoms with Crippen molar-refractivity contribution in [3.63, 3.8) is 0 Å². The SMILES string of the molecule is COc1ccc(-c2cc(CC(F)F)nn2-c2ccc(S(N)(=O)=O)cc2)cc1F. The predicted molar refractivity (Wildman–Crippen MR) is 96.6 cm³/mol. The summed E-state index contributed by atoms with van der Waals surface area (Å²) in [6.45, 7) is 0. The van der Waals surface area contributed by atoms with Crippen molar-refractivity contribution in [2.75, 3.05) is 7.11 Å². The molecular formula is C18H16F3N3O3S. The molecule has 2 N–H and O–H groups in total. The fourth-order valence-electron chi connectivity index (χ4n) is 2.69. The van der Waals surface area contributed by atoms with Gasteiger partial charge in [0.05, 0.1) is 35.5 Å². The van der Waals surface area contributed by atoms with E-state index in [0.717, 1.165) is 0 Å². The van der Waals surface area contributed by atoms with Gasteiger partial charge in [-0.15, -0.1) is 0 Å². The van der Waals surface area contributed by atoms with Crippen molar-refractivity contribution in [2.45, 2.75) is 17.7 Å². The van der Waals surface area contributed by atoms with E-state index < -0.39 is 28.7 Å². The zero-order valence-corrected chi connectivity index (χ0v) is 15.5. The third kappa shape index (κ3) is 4.18. The zero-order valence-electron chi connectivity index (χ0n) is 14.6. The normalized spacial score (nSPS) is 11.8. The number of rotatable bonds is 6. The Morgan fingerprint density at radius 3 is 2.36 bits per heavy atom. The number of aromatic nitrogens is 2. The summed E-state index contributed by atoms with van der Waals surface area (Å²) in [7, 11) is -2.55. The van der Waals surface area contributed by atoms with Gasteiger partial charge >= 0.3 is 0 Å². The van der Waals surface area contributed by atoms with E-state index in [1.165, 1.54) is 54.3 Å². The van der Waals surface area contributed by atoms with Crippen LogP contribution in [0.1, 0.15) is 5.69 Å². The van der Waals surface area contributed by atoms with Gasteiger partial charge in [-0.2, -0.15) is 5.10 Å². The van der Waals surface area contributed by atoms with Crippen molar-refractivity contribution < 1.29 is 26.3 Å². The van der Waals surface area contributed by atoms with Gasteiger partial charge in [0.25, 0.3) is 0 Å². The predicted octanol–water partition coefficient (Wildman–Crippen LogP) is 3.14. The fraction of sp³-hybridized carbons (Fsp3) is 0.167. The second-order valence-corrected chi connectivity index (χ2v) is 7.48. The summed E-state index contributed by atoms with van der Waals surface area (Å²) in [5.41, 5.74) is 1.26. The number of methoxy groups -OCH3 is 1. The molecule has 0 atom stereocenters. The number of primary sulfonamides is 1. The van der Waals surface area contributed by atoms with Crippen LogP contribution in [0, 0.1) is 5.82 Å². The van der Waals surface area contributed by atoms with E-state index in [9.17, 15) is 21.6 Å². The highest BCUT2D eigenvalue weighted by Crippen LogP contribution is 2.29. The molecule has 10 heteroatoms. The maximum Gasteiger partial charge on any atom is 0.244 e. The summed E-state index contributed by atoms with van der Waals surface area (Å²) in [6.07, 6.45) is -3.18. The van der Waals surface area contributed by atoms with Crippen LogP contribution < -0.4 is 9.88 Å². The second-order valence-electron chi connectivity index (χ2n) is 5.92. The van der Waals surface area contributed by atoms with Crippen LogP contribution in [-0.4, -0.2) is 31.7 Å². The average Bonchev–Trinajstić information content (AvgIpc) is 3.04. The van der Waals surface area contributed by atoms with Crippen LogP contribution in [-0.2, 0) is 16.4 Å². The maximum absolute atomic E-state index is 14.1. The number of hydrogen-bond acceptors (Lipinski definition) is 4. The molecule has 3 rings (SSSR count). The molecular weight excluding hydrogens is 395 g/mol. The van der Waals surface area contributed by atoms with Crippen molar-refractivity contribution in [3.8, 4) is 22.7 Å². The molecule has 0 aliphatic rings. The summed E-state index contributed by atoms with van der Waals surface area (Å²) in [5.74, 6) is -0.576. The van der Waals surface area contributed by atoms with E-state index in [-0.39, 0.29) is 16.3 Å². The van der Waals surface area contributed by atoms with Gasteiger partial charge in [0, 0.05) is 5.56 Å². The van der Waals surface area contributed by atoms with Gasteiger partial charge in [-0.05, 0) is 48.5 Å². The van der Waals surface area contributed by atoms with E-state index in [1.807, 2.05) is 0 Å².